The Morgan fingerprint density at radius 3 is 2.82 bits per heavy atom. The largest absolute Gasteiger partial charge is 0.497 e. The first-order chi connectivity index (χ1) is 16.5. The van der Waals surface area contributed by atoms with Gasteiger partial charge in [0.25, 0.3) is 0 Å². The van der Waals surface area contributed by atoms with Gasteiger partial charge in [0.1, 0.15) is 18.9 Å². The molecular formula is C24H33N5O5. The van der Waals surface area contributed by atoms with Crippen LogP contribution in [0.4, 0.5) is 5.69 Å². The summed E-state index contributed by atoms with van der Waals surface area (Å²) < 4.78 is 12.6. The number of aromatic nitrogens is 2. The molecular weight excluding hydrogens is 438 g/mol. The van der Waals surface area contributed by atoms with Gasteiger partial charge in [0, 0.05) is 35.9 Å². The Balaban J connectivity index is 1.45. The van der Waals surface area contributed by atoms with Gasteiger partial charge >= 0.3 is 5.97 Å². The molecule has 0 spiro atoms. The number of benzene rings is 1. The third-order valence-corrected chi connectivity index (χ3v) is 6.57. The summed E-state index contributed by atoms with van der Waals surface area (Å²) in [6, 6.07) is 6.11. The smallest absolute Gasteiger partial charge is 0.329 e. The van der Waals surface area contributed by atoms with E-state index in [0.717, 1.165) is 17.8 Å². The molecule has 4 rings (SSSR count). The molecule has 1 aromatic carbocycles. The summed E-state index contributed by atoms with van der Waals surface area (Å²) in [6.45, 7) is 0.974. The van der Waals surface area contributed by atoms with Crippen LogP contribution in [0.15, 0.2) is 24.4 Å². The Bertz CT molecular complexity index is 1020. The van der Waals surface area contributed by atoms with Crippen molar-refractivity contribution < 1.29 is 24.2 Å². The van der Waals surface area contributed by atoms with Gasteiger partial charge in [0.05, 0.1) is 19.0 Å². The Labute approximate surface area is 199 Å². The predicted octanol–water partition coefficient (Wildman–Crippen LogP) is 2.46. The highest BCUT2D eigenvalue weighted by Gasteiger charge is 2.30. The maximum Gasteiger partial charge on any atom is 0.329 e. The highest BCUT2D eigenvalue weighted by molar-refractivity contribution is 5.84. The average molecular weight is 472 g/mol. The molecule has 10 nitrogen and oxygen atoms in total. The molecule has 1 aliphatic heterocycles. The predicted molar refractivity (Wildman–Crippen MR) is 127 cm³/mol. The minimum atomic E-state index is -1.06. The Kier molecular flexibility index (Phi) is 7.69. The van der Waals surface area contributed by atoms with E-state index in [-0.39, 0.29) is 12.5 Å². The van der Waals surface area contributed by atoms with Crippen molar-refractivity contribution in [2.75, 3.05) is 39.2 Å². The molecule has 1 unspecified atom stereocenters. The zero-order valence-electron chi connectivity index (χ0n) is 19.7. The van der Waals surface area contributed by atoms with Crippen molar-refractivity contribution in [3.05, 3.63) is 30.0 Å². The number of likely N-dealkylation sites (N-methyl/N-ethyl adjacent to an activating group) is 1. The van der Waals surface area contributed by atoms with Gasteiger partial charge in [-0.05, 0) is 38.1 Å². The Morgan fingerprint density at radius 1 is 1.29 bits per heavy atom. The lowest BCUT2D eigenvalue weighted by Gasteiger charge is -2.31. The second kappa shape index (κ2) is 10.9. The molecule has 1 aromatic heterocycles. The summed E-state index contributed by atoms with van der Waals surface area (Å²) in [5.74, 6) is -0.526. The molecule has 1 saturated carbocycles. The molecule has 184 valence electrons. The number of carboxylic acids is 1. The van der Waals surface area contributed by atoms with E-state index in [4.69, 9.17) is 14.6 Å². The van der Waals surface area contributed by atoms with Crippen molar-refractivity contribution in [2.24, 2.45) is 0 Å². The molecule has 1 amide bonds. The summed E-state index contributed by atoms with van der Waals surface area (Å²) >= 11 is 0. The monoisotopic (exact) mass is 471 g/mol. The SMILES string of the molecule is COc1ccc2c(c1)-c1c(cnn1CC(=O)NCCN(C)C1CCCCC1)C(OCC(=O)O)N2. The third-order valence-electron chi connectivity index (χ3n) is 6.57. The van der Waals surface area contributed by atoms with Crippen molar-refractivity contribution in [3.8, 4) is 17.0 Å². The zero-order valence-corrected chi connectivity index (χ0v) is 19.7. The number of nitrogens with zero attached hydrogens (tertiary/aromatic N) is 3. The molecule has 0 bridgehead atoms. The Morgan fingerprint density at radius 2 is 2.09 bits per heavy atom. The average Bonchev–Trinajstić information content (AvgIpc) is 3.26. The molecule has 0 radical (unpaired) electrons. The van der Waals surface area contributed by atoms with Gasteiger partial charge in [-0.1, -0.05) is 19.3 Å². The maximum absolute atomic E-state index is 12.7. The number of amides is 1. The number of hydrogen-bond donors (Lipinski definition) is 3. The van der Waals surface area contributed by atoms with E-state index in [1.165, 1.54) is 32.1 Å². The molecule has 10 heteroatoms. The number of carboxylic acid groups (broad SMARTS) is 1. The normalized spacial score (nSPS) is 17.6. The van der Waals surface area contributed by atoms with E-state index in [9.17, 15) is 9.59 Å². The standard InChI is InChI=1S/C24H33N5O5/c1-28(16-6-4-3-5-7-16)11-10-25-21(30)14-29-23-18-12-17(33-2)8-9-20(18)27-24(19(23)13-26-29)34-15-22(31)32/h8-9,12-13,16,24,27H,3-7,10-11,14-15H2,1-2H3,(H,25,30)(H,31,32). The Hall–Kier alpha value is -3.11. The van der Waals surface area contributed by atoms with Gasteiger partial charge < -0.3 is 30.1 Å². The third kappa shape index (κ3) is 5.51. The maximum atomic E-state index is 12.7. The number of aliphatic carboxylic acids is 1. The molecule has 2 aliphatic rings. The first-order valence-corrected chi connectivity index (χ1v) is 11.8. The van der Waals surface area contributed by atoms with E-state index >= 15 is 0 Å². The summed E-state index contributed by atoms with van der Waals surface area (Å²) in [4.78, 5) is 26.1. The molecule has 0 saturated heterocycles. The van der Waals surface area contributed by atoms with E-state index in [2.05, 4.69) is 27.7 Å². The van der Waals surface area contributed by atoms with Crippen LogP contribution in [0.1, 0.15) is 43.9 Å². The minimum Gasteiger partial charge on any atom is -0.497 e. The van der Waals surface area contributed by atoms with Crippen molar-refractivity contribution in [3.63, 3.8) is 0 Å². The minimum absolute atomic E-state index is 0.0464. The zero-order chi connectivity index (χ0) is 24.1. The van der Waals surface area contributed by atoms with E-state index in [1.54, 1.807) is 24.1 Å². The molecule has 2 heterocycles. The molecule has 2 aromatic rings. The van der Waals surface area contributed by atoms with Crippen LogP contribution in [-0.2, 0) is 20.9 Å². The number of nitrogens with one attached hydrogen (secondary N) is 2. The van der Waals surface area contributed by atoms with Crippen LogP contribution < -0.4 is 15.4 Å². The van der Waals surface area contributed by atoms with Gasteiger partial charge in [-0.3, -0.25) is 9.48 Å². The fourth-order valence-corrected chi connectivity index (χ4v) is 4.75. The van der Waals surface area contributed by atoms with Crippen LogP contribution in [0.3, 0.4) is 0 Å². The van der Waals surface area contributed by atoms with Crippen LogP contribution in [-0.4, -0.2) is 71.6 Å². The number of rotatable bonds is 10. The van der Waals surface area contributed by atoms with E-state index in [1.807, 2.05) is 12.1 Å². The summed E-state index contributed by atoms with van der Waals surface area (Å²) in [5.41, 5.74) is 2.94. The van der Waals surface area contributed by atoms with Gasteiger partial charge in [0.15, 0.2) is 6.23 Å². The molecule has 1 fully saturated rings. The van der Waals surface area contributed by atoms with Gasteiger partial charge in [-0.25, -0.2) is 4.79 Å². The van der Waals surface area contributed by atoms with Crippen LogP contribution in [0.25, 0.3) is 11.3 Å². The number of methoxy groups -OCH3 is 1. The number of ether oxygens (including phenoxy) is 2. The second-order valence-corrected chi connectivity index (χ2v) is 8.87. The fraction of sp³-hybridized carbons (Fsp3) is 0.542. The topological polar surface area (TPSA) is 118 Å². The molecule has 1 aliphatic carbocycles. The highest BCUT2D eigenvalue weighted by Crippen LogP contribution is 2.42. The van der Waals surface area contributed by atoms with Crippen LogP contribution in [0.5, 0.6) is 5.75 Å². The number of hydrogen-bond acceptors (Lipinski definition) is 7. The van der Waals surface area contributed by atoms with Gasteiger partial charge in [-0.2, -0.15) is 5.10 Å². The summed E-state index contributed by atoms with van der Waals surface area (Å²) in [7, 11) is 3.72. The first kappa shape index (κ1) is 24.0. The van der Waals surface area contributed by atoms with Crippen LogP contribution in [0.2, 0.25) is 0 Å². The van der Waals surface area contributed by atoms with Gasteiger partial charge in [0.2, 0.25) is 5.91 Å². The lowest BCUT2D eigenvalue weighted by atomic mass is 9.94. The van der Waals surface area contributed by atoms with Crippen molar-refractivity contribution in [1.29, 1.82) is 0 Å². The molecule has 1 atom stereocenters. The number of fused-ring (bicyclic) bond motifs is 3. The van der Waals surface area contributed by atoms with Crippen molar-refractivity contribution in [2.45, 2.75) is 50.9 Å². The first-order valence-electron chi connectivity index (χ1n) is 11.8. The number of anilines is 1. The molecule has 34 heavy (non-hydrogen) atoms. The highest BCUT2D eigenvalue weighted by atomic mass is 16.5. The van der Waals surface area contributed by atoms with Crippen molar-refractivity contribution in [1.82, 2.24) is 20.0 Å². The quantitative estimate of drug-likeness (QED) is 0.484. The summed E-state index contributed by atoms with van der Waals surface area (Å²) in [5, 5.41) is 19.7. The van der Waals surface area contributed by atoms with Crippen molar-refractivity contribution >= 4 is 17.6 Å². The molecule has 3 N–H and O–H groups in total. The number of carbonyl (C=O) groups excluding carboxylic acids is 1. The van der Waals surface area contributed by atoms with Crippen LogP contribution in [0, 0.1) is 0 Å². The lowest BCUT2D eigenvalue weighted by molar-refractivity contribution is -0.143. The summed E-state index contributed by atoms with van der Waals surface area (Å²) in [6.07, 6.45) is 7.27. The second-order valence-electron chi connectivity index (χ2n) is 8.87. The van der Waals surface area contributed by atoms with Crippen LogP contribution >= 0.6 is 0 Å². The van der Waals surface area contributed by atoms with E-state index < -0.39 is 18.8 Å². The fourth-order valence-electron chi connectivity index (χ4n) is 4.75. The van der Waals surface area contributed by atoms with Gasteiger partial charge in [-0.15, -0.1) is 0 Å². The van der Waals surface area contributed by atoms with E-state index in [0.29, 0.717) is 29.6 Å². The lowest BCUT2D eigenvalue weighted by Crippen LogP contribution is -2.40. The number of carbonyl (C=O) groups is 2.